The Hall–Kier alpha value is -1.62. The fourth-order valence-electron chi connectivity index (χ4n) is 2.79. The van der Waals surface area contributed by atoms with Crippen LogP contribution in [0.1, 0.15) is 24.9 Å². The van der Waals surface area contributed by atoms with E-state index in [4.69, 9.17) is 0 Å². The van der Waals surface area contributed by atoms with Gasteiger partial charge < -0.3 is 10.6 Å². The summed E-state index contributed by atoms with van der Waals surface area (Å²) in [6.45, 7) is 3.75. The summed E-state index contributed by atoms with van der Waals surface area (Å²) in [5.41, 5.74) is 3.35. The number of carbonyl (C=O) groups excluding carboxylic acids is 1. The van der Waals surface area contributed by atoms with E-state index >= 15 is 0 Å². The molecule has 2 aromatic rings. The summed E-state index contributed by atoms with van der Waals surface area (Å²) in [4.78, 5) is 16.3. The molecule has 4 nitrogen and oxygen atoms in total. The van der Waals surface area contributed by atoms with Crippen molar-refractivity contribution in [2.24, 2.45) is 5.92 Å². The maximum atomic E-state index is 12.2. The molecule has 24 heavy (non-hydrogen) atoms. The van der Waals surface area contributed by atoms with E-state index in [0.717, 1.165) is 36.2 Å². The van der Waals surface area contributed by atoms with Gasteiger partial charge in [0.05, 0.1) is 12.0 Å². The van der Waals surface area contributed by atoms with Crippen LogP contribution in [0.3, 0.4) is 0 Å². The minimum atomic E-state index is 0. The van der Waals surface area contributed by atoms with Crippen LogP contribution < -0.4 is 10.6 Å². The van der Waals surface area contributed by atoms with Crippen molar-refractivity contribution in [2.75, 3.05) is 13.1 Å². The zero-order chi connectivity index (χ0) is 15.4. The number of amides is 1. The first kappa shape index (κ1) is 20.4. The second-order valence-corrected chi connectivity index (χ2v) is 5.78. The number of nitrogens with one attached hydrogen (secondary N) is 2. The molecule has 130 valence electrons. The molecule has 1 aliphatic rings. The van der Waals surface area contributed by atoms with E-state index < -0.39 is 0 Å². The summed E-state index contributed by atoms with van der Waals surface area (Å²) in [6, 6.07) is 12.3. The van der Waals surface area contributed by atoms with Crippen molar-refractivity contribution in [1.82, 2.24) is 15.6 Å². The third-order valence-electron chi connectivity index (χ3n) is 4.20. The smallest absolute Gasteiger partial charge is 0.224 e. The maximum Gasteiger partial charge on any atom is 0.224 e. The number of carbonyl (C=O) groups is 1. The quantitative estimate of drug-likeness (QED) is 0.870. The van der Waals surface area contributed by atoms with Crippen molar-refractivity contribution in [2.45, 2.75) is 19.4 Å². The van der Waals surface area contributed by atoms with Crippen LogP contribution in [0.4, 0.5) is 0 Å². The molecule has 0 aliphatic carbocycles. The Balaban J connectivity index is 0.00000144. The predicted octanol–water partition coefficient (Wildman–Crippen LogP) is 3.38. The summed E-state index contributed by atoms with van der Waals surface area (Å²) < 4.78 is 0. The Morgan fingerprint density at radius 3 is 2.54 bits per heavy atom. The fraction of sp³-hybridized carbons (Fsp3) is 0.333. The fourth-order valence-corrected chi connectivity index (χ4v) is 2.79. The molecule has 2 N–H and O–H groups in total. The lowest BCUT2D eigenvalue weighted by atomic mass is 10.0. The van der Waals surface area contributed by atoms with E-state index in [2.05, 4.69) is 39.9 Å². The zero-order valence-electron chi connectivity index (χ0n) is 13.6. The lowest BCUT2D eigenvalue weighted by Crippen LogP contribution is -2.33. The molecule has 1 saturated heterocycles. The molecule has 0 bridgehead atoms. The molecular formula is C18H23Cl2N3O. The van der Waals surface area contributed by atoms with Crippen molar-refractivity contribution in [3.05, 3.63) is 54.4 Å². The van der Waals surface area contributed by atoms with Gasteiger partial charge in [-0.3, -0.25) is 9.78 Å². The van der Waals surface area contributed by atoms with Crippen molar-refractivity contribution in [3.63, 3.8) is 0 Å². The summed E-state index contributed by atoms with van der Waals surface area (Å²) in [5, 5.41) is 6.33. The average molecular weight is 368 g/mol. The van der Waals surface area contributed by atoms with Crippen LogP contribution in [0, 0.1) is 5.92 Å². The normalized spacial score (nSPS) is 17.3. The molecule has 2 atom stereocenters. The number of nitrogens with zero attached hydrogens (tertiary/aromatic N) is 1. The summed E-state index contributed by atoms with van der Waals surface area (Å²) in [5.74, 6) is 0.256. The number of pyridine rings is 1. The van der Waals surface area contributed by atoms with E-state index in [0.29, 0.717) is 0 Å². The zero-order valence-corrected chi connectivity index (χ0v) is 15.2. The van der Waals surface area contributed by atoms with Gasteiger partial charge in [-0.05, 0) is 42.6 Å². The Morgan fingerprint density at radius 1 is 1.21 bits per heavy atom. The van der Waals surface area contributed by atoms with Gasteiger partial charge in [-0.1, -0.05) is 30.3 Å². The third kappa shape index (κ3) is 4.94. The van der Waals surface area contributed by atoms with Crippen molar-refractivity contribution < 1.29 is 4.79 Å². The van der Waals surface area contributed by atoms with E-state index in [1.54, 1.807) is 6.20 Å². The van der Waals surface area contributed by atoms with Gasteiger partial charge in [0.15, 0.2) is 0 Å². The second kappa shape index (κ2) is 9.62. The lowest BCUT2D eigenvalue weighted by molar-refractivity contribution is -0.125. The SMILES string of the molecule is CC(NC(=O)C1CCNC1)c1ccc(-c2cccnc2)cc1.Cl.Cl. The van der Waals surface area contributed by atoms with Crippen LogP contribution in [-0.2, 0) is 4.79 Å². The van der Waals surface area contributed by atoms with Gasteiger partial charge >= 0.3 is 0 Å². The second-order valence-electron chi connectivity index (χ2n) is 5.78. The molecule has 3 rings (SSSR count). The van der Waals surface area contributed by atoms with Gasteiger partial charge in [0.2, 0.25) is 5.91 Å². The molecule has 0 spiro atoms. The number of benzene rings is 1. The first-order valence-electron chi connectivity index (χ1n) is 7.75. The summed E-state index contributed by atoms with van der Waals surface area (Å²) >= 11 is 0. The average Bonchev–Trinajstić information content (AvgIpc) is 3.10. The first-order chi connectivity index (χ1) is 10.7. The van der Waals surface area contributed by atoms with Crippen LogP contribution in [0.25, 0.3) is 11.1 Å². The van der Waals surface area contributed by atoms with Crippen LogP contribution >= 0.6 is 24.8 Å². The summed E-state index contributed by atoms with van der Waals surface area (Å²) in [6.07, 6.45) is 4.55. The monoisotopic (exact) mass is 367 g/mol. The number of rotatable bonds is 4. The van der Waals surface area contributed by atoms with Gasteiger partial charge in [0.1, 0.15) is 0 Å². The van der Waals surface area contributed by atoms with Gasteiger partial charge in [-0.15, -0.1) is 24.8 Å². The molecule has 1 amide bonds. The highest BCUT2D eigenvalue weighted by molar-refractivity contribution is 5.85. The molecule has 1 aromatic heterocycles. The van der Waals surface area contributed by atoms with Crippen molar-refractivity contribution in [1.29, 1.82) is 0 Å². The Labute approximate surface area is 155 Å². The lowest BCUT2D eigenvalue weighted by Gasteiger charge is -2.17. The molecule has 2 unspecified atom stereocenters. The molecule has 1 aliphatic heterocycles. The largest absolute Gasteiger partial charge is 0.349 e. The van der Waals surface area contributed by atoms with Crippen molar-refractivity contribution in [3.8, 4) is 11.1 Å². The molecule has 0 saturated carbocycles. The molecule has 1 aromatic carbocycles. The standard InChI is InChI=1S/C18H21N3O.2ClH/c1-13(21-18(22)17-8-10-20-12-17)14-4-6-15(7-5-14)16-3-2-9-19-11-16;;/h2-7,9,11,13,17,20H,8,10,12H2,1H3,(H,21,22);2*1H. The predicted molar refractivity (Wildman–Crippen MR) is 102 cm³/mol. The van der Waals surface area contributed by atoms with Gasteiger partial charge in [0, 0.05) is 18.9 Å². The minimum Gasteiger partial charge on any atom is -0.349 e. The number of aromatic nitrogens is 1. The number of hydrogen-bond acceptors (Lipinski definition) is 3. The number of halogens is 2. The van der Waals surface area contributed by atoms with Crippen LogP contribution in [-0.4, -0.2) is 24.0 Å². The molecule has 1 fully saturated rings. The van der Waals surface area contributed by atoms with E-state index in [9.17, 15) is 4.79 Å². The van der Waals surface area contributed by atoms with Crippen LogP contribution in [0.15, 0.2) is 48.8 Å². The Kier molecular flexibility index (Phi) is 8.19. The van der Waals surface area contributed by atoms with Gasteiger partial charge in [0.25, 0.3) is 0 Å². The van der Waals surface area contributed by atoms with E-state index in [1.165, 1.54) is 0 Å². The topological polar surface area (TPSA) is 54.0 Å². The summed E-state index contributed by atoms with van der Waals surface area (Å²) in [7, 11) is 0. The highest BCUT2D eigenvalue weighted by atomic mass is 35.5. The van der Waals surface area contributed by atoms with Gasteiger partial charge in [-0.2, -0.15) is 0 Å². The molecule has 2 heterocycles. The highest BCUT2D eigenvalue weighted by Crippen LogP contribution is 2.21. The molecule has 0 radical (unpaired) electrons. The Bertz CT molecular complexity index is 628. The minimum absolute atomic E-state index is 0. The molecular weight excluding hydrogens is 345 g/mol. The Morgan fingerprint density at radius 2 is 1.96 bits per heavy atom. The van der Waals surface area contributed by atoms with Crippen molar-refractivity contribution >= 4 is 30.7 Å². The third-order valence-corrected chi connectivity index (χ3v) is 4.20. The van der Waals surface area contributed by atoms with Crippen LogP contribution in [0.2, 0.25) is 0 Å². The maximum absolute atomic E-state index is 12.2. The van der Waals surface area contributed by atoms with E-state index in [-0.39, 0.29) is 42.7 Å². The van der Waals surface area contributed by atoms with Crippen LogP contribution in [0.5, 0.6) is 0 Å². The number of hydrogen-bond donors (Lipinski definition) is 2. The highest BCUT2D eigenvalue weighted by Gasteiger charge is 2.23. The van der Waals surface area contributed by atoms with Gasteiger partial charge in [-0.25, -0.2) is 0 Å². The molecule has 6 heteroatoms. The van der Waals surface area contributed by atoms with E-state index in [1.807, 2.05) is 25.3 Å². The first-order valence-corrected chi connectivity index (χ1v) is 7.75.